The molecule has 2 nitrogen and oxygen atoms in total. The molecule has 16 heavy (non-hydrogen) atoms. The lowest BCUT2D eigenvalue weighted by atomic mass is 9.95. The number of benzene rings is 1. The van der Waals surface area contributed by atoms with Crippen molar-refractivity contribution in [1.82, 2.24) is 0 Å². The fourth-order valence-corrected chi connectivity index (χ4v) is 2.14. The Morgan fingerprint density at radius 1 is 1.25 bits per heavy atom. The predicted molar refractivity (Wildman–Crippen MR) is 67.9 cm³/mol. The van der Waals surface area contributed by atoms with Crippen molar-refractivity contribution in [3.8, 4) is 11.5 Å². The standard InChI is InChI=1S/C13H19ClO2/c1-4-5-10(9-14)12-7-6-11(15-2)8-13(12)16-3/h6-8,10H,4-5,9H2,1-3H3. The molecular formula is C13H19ClO2. The van der Waals surface area contributed by atoms with Crippen molar-refractivity contribution in [3.63, 3.8) is 0 Å². The van der Waals surface area contributed by atoms with Crippen molar-refractivity contribution in [2.75, 3.05) is 20.1 Å². The largest absolute Gasteiger partial charge is 0.497 e. The van der Waals surface area contributed by atoms with Crippen LogP contribution in [0.15, 0.2) is 18.2 Å². The van der Waals surface area contributed by atoms with Crippen LogP contribution in [0.5, 0.6) is 11.5 Å². The van der Waals surface area contributed by atoms with E-state index in [9.17, 15) is 0 Å². The molecule has 3 heteroatoms. The summed E-state index contributed by atoms with van der Waals surface area (Å²) in [5.41, 5.74) is 1.17. The smallest absolute Gasteiger partial charge is 0.126 e. The van der Waals surface area contributed by atoms with Crippen LogP contribution in [0.2, 0.25) is 0 Å². The molecule has 0 aliphatic heterocycles. The van der Waals surface area contributed by atoms with Gasteiger partial charge in [0.25, 0.3) is 0 Å². The molecule has 0 heterocycles. The van der Waals surface area contributed by atoms with Crippen molar-refractivity contribution in [2.24, 2.45) is 0 Å². The Bertz CT molecular complexity index is 326. The maximum absolute atomic E-state index is 6.00. The summed E-state index contributed by atoms with van der Waals surface area (Å²) in [4.78, 5) is 0. The van der Waals surface area contributed by atoms with E-state index in [2.05, 4.69) is 6.92 Å². The molecule has 1 rings (SSSR count). The molecule has 0 amide bonds. The first-order valence-corrected chi connectivity index (χ1v) is 6.08. The molecule has 90 valence electrons. The molecule has 0 spiro atoms. The first-order chi connectivity index (χ1) is 7.76. The quantitative estimate of drug-likeness (QED) is 0.706. The summed E-state index contributed by atoms with van der Waals surface area (Å²) >= 11 is 6.00. The third-order valence-corrected chi connectivity index (χ3v) is 3.08. The SMILES string of the molecule is CCCC(CCl)c1ccc(OC)cc1OC. The summed E-state index contributed by atoms with van der Waals surface area (Å²) in [6.45, 7) is 2.16. The summed E-state index contributed by atoms with van der Waals surface area (Å²) in [5.74, 6) is 2.65. The minimum atomic E-state index is 0.354. The molecular weight excluding hydrogens is 224 g/mol. The molecule has 0 aromatic heterocycles. The maximum Gasteiger partial charge on any atom is 0.126 e. The summed E-state index contributed by atoms with van der Waals surface area (Å²) in [7, 11) is 3.33. The first-order valence-electron chi connectivity index (χ1n) is 5.54. The van der Waals surface area contributed by atoms with Crippen LogP contribution >= 0.6 is 11.6 Å². The second-order valence-electron chi connectivity index (χ2n) is 3.75. The highest BCUT2D eigenvalue weighted by atomic mass is 35.5. The zero-order valence-electron chi connectivity index (χ0n) is 10.1. The van der Waals surface area contributed by atoms with Gasteiger partial charge in [0.1, 0.15) is 11.5 Å². The Balaban J connectivity index is 3.01. The summed E-state index contributed by atoms with van der Waals surface area (Å²) < 4.78 is 10.6. The van der Waals surface area contributed by atoms with Gasteiger partial charge in [-0.1, -0.05) is 19.4 Å². The topological polar surface area (TPSA) is 18.5 Å². The van der Waals surface area contributed by atoms with Crippen LogP contribution < -0.4 is 9.47 Å². The fraction of sp³-hybridized carbons (Fsp3) is 0.538. The summed E-state index contributed by atoms with van der Waals surface area (Å²) in [5, 5.41) is 0. The number of halogens is 1. The fourth-order valence-electron chi connectivity index (χ4n) is 1.82. The molecule has 1 aromatic carbocycles. The Morgan fingerprint density at radius 2 is 2.00 bits per heavy atom. The molecule has 0 aliphatic carbocycles. The van der Waals surface area contributed by atoms with Gasteiger partial charge in [-0.25, -0.2) is 0 Å². The number of rotatable bonds is 6. The average Bonchev–Trinajstić information content (AvgIpc) is 2.35. The number of hydrogen-bond donors (Lipinski definition) is 0. The third-order valence-electron chi connectivity index (χ3n) is 2.70. The monoisotopic (exact) mass is 242 g/mol. The van der Waals surface area contributed by atoms with Crippen LogP contribution in [0.3, 0.4) is 0 Å². The van der Waals surface area contributed by atoms with Gasteiger partial charge in [-0.3, -0.25) is 0 Å². The van der Waals surface area contributed by atoms with Crippen molar-refractivity contribution in [3.05, 3.63) is 23.8 Å². The van der Waals surface area contributed by atoms with E-state index in [1.807, 2.05) is 18.2 Å². The van der Waals surface area contributed by atoms with Crippen LogP contribution in [0.1, 0.15) is 31.2 Å². The highest BCUT2D eigenvalue weighted by molar-refractivity contribution is 6.18. The zero-order chi connectivity index (χ0) is 12.0. The third kappa shape index (κ3) is 3.05. The molecule has 1 unspecified atom stereocenters. The molecule has 0 bridgehead atoms. The van der Waals surface area contributed by atoms with Crippen molar-refractivity contribution < 1.29 is 9.47 Å². The lowest BCUT2D eigenvalue weighted by Gasteiger charge is -2.17. The second-order valence-corrected chi connectivity index (χ2v) is 4.06. The van der Waals surface area contributed by atoms with Gasteiger partial charge >= 0.3 is 0 Å². The van der Waals surface area contributed by atoms with Crippen LogP contribution in [-0.4, -0.2) is 20.1 Å². The lowest BCUT2D eigenvalue weighted by molar-refractivity contribution is 0.388. The van der Waals surface area contributed by atoms with Crippen molar-refractivity contribution in [1.29, 1.82) is 0 Å². The van der Waals surface area contributed by atoms with E-state index >= 15 is 0 Å². The van der Waals surface area contributed by atoms with Crippen LogP contribution in [0, 0.1) is 0 Å². The van der Waals surface area contributed by atoms with E-state index in [4.69, 9.17) is 21.1 Å². The second kappa shape index (κ2) is 6.64. The Hall–Kier alpha value is -0.890. The molecule has 0 fully saturated rings. The van der Waals surface area contributed by atoms with E-state index in [1.165, 1.54) is 5.56 Å². The van der Waals surface area contributed by atoms with Gasteiger partial charge in [-0.05, 0) is 18.1 Å². The van der Waals surface area contributed by atoms with Gasteiger partial charge in [0.15, 0.2) is 0 Å². The van der Waals surface area contributed by atoms with Gasteiger partial charge in [-0.2, -0.15) is 0 Å². The summed E-state index contributed by atoms with van der Waals surface area (Å²) in [6.07, 6.45) is 2.19. The molecule has 0 radical (unpaired) electrons. The van der Waals surface area contributed by atoms with E-state index in [1.54, 1.807) is 14.2 Å². The van der Waals surface area contributed by atoms with Gasteiger partial charge in [-0.15, -0.1) is 11.6 Å². The van der Waals surface area contributed by atoms with E-state index in [0.29, 0.717) is 11.8 Å². The first kappa shape index (κ1) is 13.2. The van der Waals surface area contributed by atoms with E-state index in [0.717, 1.165) is 24.3 Å². The predicted octanol–water partition coefficient (Wildman–Crippen LogP) is 3.83. The lowest BCUT2D eigenvalue weighted by Crippen LogP contribution is -2.03. The van der Waals surface area contributed by atoms with Gasteiger partial charge in [0, 0.05) is 17.9 Å². The van der Waals surface area contributed by atoms with Gasteiger partial charge in [0.05, 0.1) is 14.2 Å². The number of alkyl halides is 1. The van der Waals surface area contributed by atoms with Crippen LogP contribution in [0.25, 0.3) is 0 Å². The highest BCUT2D eigenvalue weighted by Crippen LogP contribution is 2.33. The Labute approximate surface area is 103 Å². The van der Waals surface area contributed by atoms with E-state index < -0.39 is 0 Å². The number of hydrogen-bond acceptors (Lipinski definition) is 2. The van der Waals surface area contributed by atoms with Gasteiger partial charge < -0.3 is 9.47 Å². The molecule has 1 aromatic rings. The van der Waals surface area contributed by atoms with Crippen molar-refractivity contribution in [2.45, 2.75) is 25.7 Å². The number of methoxy groups -OCH3 is 2. The van der Waals surface area contributed by atoms with Crippen LogP contribution in [0.4, 0.5) is 0 Å². The van der Waals surface area contributed by atoms with Gasteiger partial charge in [0.2, 0.25) is 0 Å². The zero-order valence-corrected chi connectivity index (χ0v) is 10.9. The molecule has 0 aliphatic rings. The normalized spacial score (nSPS) is 12.2. The average molecular weight is 243 g/mol. The minimum absolute atomic E-state index is 0.354. The Kier molecular flexibility index (Phi) is 5.47. The van der Waals surface area contributed by atoms with E-state index in [-0.39, 0.29) is 0 Å². The van der Waals surface area contributed by atoms with Crippen LogP contribution in [-0.2, 0) is 0 Å². The van der Waals surface area contributed by atoms with Crippen molar-refractivity contribution >= 4 is 11.6 Å². The highest BCUT2D eigenvalue weighted by Gasteiger charge is 2.15. The Morgan fingerprint density at radius 3 is 2.50 bits per heavy atom. The molecule has 0 N–H and O–H groups in total. The number of ether oxygens (including phenoxy) is 2. The molecule has 0 saturated carbocycles. The molecule has 1 atom stereocenters. The summed E-state index contributed by atoms with van der Waals surface area (Å²) in [6, 6.07) is 5.90. The minimum Gasteiger partial charge on any atom is -0.497 e. The molecule has 0 saturated heterocycles. The maximum atomic E-state index is 6.00.